The van der Waals surface area contributed by atoms with Gasteiger partial charge < -0.3 is 16.4 Å². The van der Waals surface area contributed by atoms with Crippen molar-refractivity contribution in [3.8, 4) is 0 Å². The molecule has 0 spiro atoms. The van der Waals surface area contributed by atoms with Gasteiger partial charge in [0.15, 0.2) is 0 Å². The van der Waals surface area contributed by atoms with Crippen LogP contribution < -0.4 is 16.4 Å². The fraction of sp³-hybridized carbons (Fsp3) is 0.125. The van der Waals surface area contributed by atoms with Crippen molar-refractivity contribution in [1.29, 1.82) is 0 Å². The number of nitrogens with one attached hydrogen (secondary N) is 2. The van der Waals surface area contributed by atoms with Gasteiger partial charge in [-0.05, 0) is 42.5 Å². The van der Waals surface area contributed by atoms with Crippen LogP contribution in [0.15, 0.2) is 58.3 Å². The second-order valence-electron chi connectivity index (χ2n) is 4.99. The lowest BCUT2D eigenvalue weighted by Crippen LogP contribution is -2.21. The molecule has 0 saturated heterocycles. The molecule has 0 aliphatic carbocycles. The number of sulfone groups is 1. The van der Waals surface area contributed by atoms with Crippen molar-refractivity contribution in [2.45, 2.75) is 16.7 Å². The fourth-order valence-corrected chi connectivity index (χ4v) is 3.32. The second kappa shape index (κ2) is 7.24. The first-order chi connectivity index (χ1) is 11.3. The molecule has 7 nitrogen and oxygen atoms in total. The van der Waals surface area contributed by atoms with Gasteiger partial charge in [0, 0.05) is 18.3 Å². The highest BCUT2D eigenvalue weighted by atomic mass is 32.2. The van der Waals surface area contributed by atoms with Crippen LogP contribution in [-0.4, -0.2) is 26.8 Å². The standard InChI is InChI=1S/C16H17N3O4S/c1-11(20)18-12-5-7-14(8-6-12)24(22,23)15-4-2-3-13(9-15)19-16(21)10-17/h2-9H,10,17H2,1H3,(H,18,20)(H,19,21). The Balaban J connectivity index is 2.31. The number of rotatable bonds is 5. The van der Waals surface area contributed by atoms with Crippen LogP contribution in [0.4, 0.5) is 11.4 Å². The van der Waals surface area contributed by atoms with Crippen LogP contribution in [0.1, 0.15) is 6.92 Å². The molecule has 126 valence electrons. The van der Waals surface area contributed by atoms with Crippen LogP contribution in [0, 0.1) is 0 Å². The van der Waals surface area contributed by atoms with Crippen molar-refractivity contribution in [1.82, 2.24) is 0 Å². The second-order valence-corrected chi connectivity index (χ2v) is 6.94. The Bertz CT molecular complexity index is 861. The summed E-state index contributed by atoms with van der Waals surface area (Å²) in [5, 5.41) is 5.08. The van der Waals surface area contributed by atoms with E-state index < -0.39 is 15.7 Å². The minimum absolute atomic E-state index is 0.0459. The van der Waals surface area contributed by atoms with Crippen LogP contribution in [-0.2, 0) is 19.4 Å². The molecular formula is C16H17N3O4S. The molecule has 0 fully saturated rings. The van der Waals surface area contributed by atoms with Crippen molar-refractivity contribution in [3.05, 3.63) is 48.5 Å². The highest BCUT2D eigenvalue weighted by molar-refractivity contribution is 7.91. The lowest BCUT2D eigenvalue weighted by atomic mass is 10.3. The van der Waals surface area contributed by atoms with E-state index in [1.165, 1.54) is 49.4 Å². The molecule has 0 saturated carbocycles. The molecule has 2 rings (SSSR count). The average molecular weight is 347 g/mol. The molecule has 0 unspecified atom stereocenters. The van der Waals surface area contributed by atoms with Crippen LogP contribution in [0.3, 0.4) is 0 Å². The van der Waals surface area contributed by atoms with Gasteiger partial charge >= 0.3 is 0 Å². The predicted molar refractivity (Wildman–Crippen MR) is 90.3 cm³/mol. The lowest BCUT2D eigenvalue weighted by molar-refractivity contribution is -0.115. The molecule has 2 amide bonds. The third-order valence-electron chi connectivity index (χ3n) is 3.10. The van der Waals surface area contributed by atoms with Crippen LogP contribution >= 0.6 is 0 Å². The summed E-state index contributed by atoms with van der Waals surface area (Å²) in [7, 11) is -3.74. The number of amides is 2. The summed E-state index contributed by atoms with van der Waals surface area (Å²) in [5.41, 5.74) is 6.08. The van der Waals surface area contributed by atoms with Gasteiger partial charge in [-0.15, -0.1) is 0 Å². The lowest BCUT2D eigenvalue weighted by Gasteiger charge is -2.09. The van der Waals surface area contributed by atoms with E-state index in [0.29, 0.717) is 11.4 Å². The summed E-state index contributed by atoms with van der Waals surface area (Å²) in [6, 6.07) is 11.7. The molecule has 0 heterocycles. The van der Waals surface area contributed by atoms with E-state index in [9.17, 15) is 18.0 Å². The molecule has 2 aromatic carbocycles. The molecule has 8 heteroatoms. The molecule has 0 aromatic heterocycles. The number of benzene rings is 2. The van der Waals surface area contributed by atoms with Gasteiger partial charge in [0.1, 0.15) is 0 Å². The zero-order valence-electron chi connectivity index (χ0n) is 12.9. The van der Waals surface area contributed by atoms with Gasteiger partial charge in [0.05, 0.1) is 16.3 Å². The summed E-state index contributed by atoms with van der Waals surface area (Å²) >= 11 is 0. The van der Waals surface area contributed by atoms with E-state index in [-0.39, 0.29) is 22.2 Å². The molecule has 0 radical (unpaired) electrons. The summed E-state index contributed by atoms with van der Waals surface area (Å²) in [4.78, 5) is 22.4. The summed E-state index contributed by atoms with van der Waals surface area (Å²) in [5.74, 6) is -0.654. The first kappa shape index (κ1) is 17.6. The van der Waals surface area contributed by atoms with E-state index in [0.717, 1.165) is 0 Å². The largest absolute Gasteiger partial charge is 0.326 e. The number of nitrogens with two attached hydrogens (primary N) is 1. The zero-order chi connectivity index (χ0) is 17.7. The quantitative estimate of drug-likeness (QED) is 0.755. The van der Waals surface area contributed by atoms with Crippen molar-refractivity contribution in [2.24, 2.45) is 5.73 Å². The SMILES string of the molecule is CC(=O)Nc1ccc(S(=O)(=O)c2cccc(NC(=O)CN)c2)cc1. The number of hydrogen-bond donors (Lipinski definition) is 3. The van der Waals surface area contributed by atoms with E-state index >= 15 is 0 Å². The molecule has 0 aliphatic rings. The van der Waals surface area contributed by atoms with E-state index in [1.807, 2.05) is 0 Å². The summed E-state index contributed by atoms with van der Waals surface area (Å²) < 4.78 is 25.3. The molecule has 0 atom stereocenters. The predicted octanol–water partition coefficient (Wildman–Crippen LogP) is 1.37. The van der Waals surface area contributed by atoms with Crippen molar-refractivity contribution in [3.63, 3.8) is 0 Å². The number of carbonyl (C=O) groups excluding carboxylic acids is 2. The number of anilines is 2. The Labute approximate surface area is 139 Å². The van der Waals surface area contributed by atoms with Crippen LogP contribution in [0.5, 0.6) is 0 Å². The monoisotopic (exact) mass is 347 g/mol. The van der Waals surface area contributed by atoms with Crippen molar-refractivity contribution >= 4 is 33.0 Å². The highest BCUT2D eigenvalue weighted by Gasteiger charge is 2.18. The third kappa shape index (κ3) is 4.18. The molecule has 24 heavy (non-hydrogen) atoms. The Morgan fingerprint density at radius 2 is 1.62 bits per heavy atom. The van der Waals surface area contributed by atoms with Gasteiger partial charge in [0.25, 0.3) is 0 Å². The maximum Gasteiger partial charge on any atom is 0.238 e. The van der Waals surface area contributed by atoms with Gasteiger partial charge in [-0.1, -0.05) is 6.07 Å². The first-order valence-corrected chi connectivity index (χ1v) is 8.54. The normalized spacial score (nSPS) is 10.9. The smallest absolute Gasteiger partial charge is 0.238 e. The Morgan fingerprint density at radius 1 is 0.958 bits per heavy atom. The zero-order valence-corrected chi connectivity index (χ0v) is 13.8. The molecule has 2 aromatic rings. The molecule has 4 N–H and O–H groups in total. The molecule has 0 bridgehead atoms. The van der Waals surface area contributed by atoms with Gasteiger partial charge in [0.2, 0.25) is 21.7 Å². The van der Waals surface area contributed by atoms with Crippen molar-refractivity contribution < 1.29 is 18.0 Å². The Hall–Kier alpha value is -2.71. The van der Waals surface area contributed by atoms with Crippen LogP contribution in [0.2, 0.25) is 0 Å². The van der Waals surface area contributed by atoms with E-state index in [4.69, 9.17) is 5.73 Å². The van der Waals surface area contributed by atoms with E-state index in [2.05, 4.69) is 10.6 Å². The van der Waals surface area contributed by atoms with Crippen molar-refractivity contribution in [2.75, 3.05) is 17.2 Å². The summed E-state index contributed by atoms with van der Waals surface area (Å²) in [6.45, 7) is 1.17. The minimum Gasteiger partial charge on any atom is -0.326 e. The Morgan fingerprint density at radius 3 is 2.21 bits per heavy atom. The number of carbonyl (C=O) groups is 2. The van der Waals surface area contributed by atoms with Gasteiger partial charge in [-0.2, -0.15) is 0 Å². The minimum atomic E-state index is -3.74. The average Bonchev–Trinajstić information content (AvgIpc) is 2.55. The highest BCUT2D eigenvalue weighted by Crippen LogP contribution is 2.24. The van der Waals surface area contributed by atoms with Crippen LogP contribution in [0.25, 0.3) is 0 Å². The summed E-state index contributed by atoms with van der Waals surface area (Å²) in [6.07, 6.45) is 0. The third-order valence-corrected chi connectivity index (χ3v) is 4.87. The fourth-order valence-electron chi connectivity index (χ4n) is 2.01. The van der Waals surface area contributed by atoms with Gasteiger partial charge in [-0.25, -0.2) is 8.42 Å². The number of hydrogen-bond acceptors (Lipinski definition) is 5. The van der Waals surface area contributed by atoms with E-state index in [1.54, 1.807) is 6.07 Å². The maximum atomic E-state index is 12.7. The molecule has 0 aliphatic heterocycles. The molecular weight excluding hydrogens is 330 g/mol. The topological polar surface area (TPSA) is 118 Å². The Kier molecular flexibility index (Phi) is 5.32. The van der Waals surface area contributed by atoms with Gasteiger partial charge in [-0.3, -0.25) is 9.59 Å². The first-order valence-electron chi connectivity index (χ1n) is 7.05. The maximum absolute atomic E-state index is 12.7.